The maximum atomic E-state index is 12.5. The van der Waals surface area contributed by atoms with Gasteiger partial charge in [0, 0.05) is 19.0 Å². The first kappa shape index (κ1) is 19.1. The van der Waals surface area contributed by atoms with Gasteiger partial charge in [-0.3, -0.25) is 4.79 Å². The quantitative estimate of drug-likeness (QED) is 0.655. The summed E-state index contributed by atoms with van der Waals surface area (Å²) in [5.74, 6) is 0.450. The molecule has 0 fully saturated rings. The molecule has 0 spiro atoms. The molecule has 3 aromatic rings. The number of amides is 1. The van der Waals surface area contributed by atoms with Crippen LogP contribution >= 0.6 is 11.6 Å². The van der Waals surface area contributed by atoms with Gasteiger partial charge in [-0.25, -0.2) is 9.67 Å². The van der Waals surface area contributed by atoms with E-state index in [1.807, 2.05) is 55.5 Å². The van der Waals surface area contributed by atoms with E-state index < -0.39 is 0 Å². The predicted molar refractivity (Wildman–Crippen MR) is 106 cm³/mol. The molecular weight excluding hydrogens is 362 g/mol. The third-order valence-corrected chi connectivity index (χ3v) is 4.46. The lowest BCUT2D eigenvalue weighted by Gasteiger charge is -2.12. The van der Waals surface area contributed by atoms with Crippen LogP contribution in [0.15, 0.2) is 54.6 Å². The van der Waals surface area contributed by atoms with Crippen LogP contribution in [0.3, 0.4) is 0 Å². The number of carbonyl (C=O) groups excluding carboxylic acids is 1. The molecule has 0 saturated heterocycles. The van der Waals surface area contributed by atoms with Gasteiger partial charge in [-0.1, -0.05) is 61.0 Å². The zero-order chi connectivity index (χ0) is 19.2. The Morgan fingerprint density at radius 1 is 1.19 bits per heavy atom. The first-order valence-corrected chi connectivity index (χ1v) is 9.27. The van der Waals surface area contributed by atoms with Crippen LogP contribution in [0.1, 0.15) is 41.4 Å². The van der Waals surface area contributed by atoms with Crippen LogP contribution in [0.2, 0.25) is 5.02 Å². The molecule has 1 aromatic heterocycles. The fraction of sp³-hybridized carbons (Fsp3) is 0.250. The highest BCUT2D eigenvalue weighted by Crippen LogP contribution is 2.21. The normalized spacial score (nSPS) is 12.0. The molecule has 0 aliphatic rings. The molecule has 3 N–H and O–H groups in total. The number of nitrogens with one attached hydrogen (secondary N) is 1. The van der Waals surface area contributed by atoms with Crippen molar-refractivity contribution in [1.82, 2.24) is 20.1 Å². The number of carbonyl (C=O) groups is 1. The van der Waals surface area contributed by atoms with Gasteiger partial charge in [-0.05, 0) is 24.1 Å². The smallest absolute Gasteiger partial charge is 0.291 e. The molecule has 1 amide bonds. The second-order valence-electron chi connectivity index (χ2n) is 6.19. The highest BCUT2D eigenvalue weighted by atomic mass is 35.5. The van der Waals surface area contributed by atoms with Crippen molar-refractivity contribution in [2.75, 3.05) is 6.54 Å². The molecule has 6 nitrogen and oxygen atoms in total. The molecule has 2 aromatic carbocycles. The van der Waals surface area contributed by atoms with Crippen molar-refractivity contribution in [1.29, 1.82) is 0 Å². The Bertz CT molecular complexity index is 910. The average molecular weight is 384 g/mol. The second kappa shape index (κ2) is 8.79. The zero-order valence-electron chi connectivity index (χ0n) is 15.1. The van der Waals surface area contributed by atoms with Gasteiger partial charge in [-0.2, -0.15) is 0 Å². The number of aromatic nitrogens is 3. The van der Waals surface area contributed by atoms with Crippen molar-refractivity contribution in [3.8, 4) is 5.69 Å². The molecule has 7 heteroatoms. The van der Waals surface area contributed by atoms with Crippen molar-refractivity contribution in [2.24, 2.45) is 5.73 Å². The lowest BCUT2D eigenvalue weighted by molar-refractivity contribution is 0.0941. The minimum Gasteiger partial charge on any atom is -0.347 e. The lowest BCUT2D eigenvalue weighted by Crippen LogP contribution is -2.32. The van der Waals surface area contributed by atoms with Gasteiger partial charge in [0.05, 0.1) is 10.7 Å². The minimum atomic E-state index is -0.357. The van der Waals surface area contributed by atoms with Gasteiger partial charge in [0.1, 0.15) is 5.82 Å². The zero-order valence-corrected chi connectivity index (χ0v) is 15.9. The summed E-state index contributed by atoms with van der Waals surface area (Å²) in [6, 6.07) is 16.7. The van der Waals surface area contributed by atoms with E-state index in [1.165, 1.54) is 0 Å². The topological polar surface area (TPSA) is 85.8 Å². The van der Waals surface area contributed by atoms with E-state index in [0.29, 0.717) is 29.5 Å². The Morgan fingerprint density at radius 2 is 1.89 bits per heavy atom. The molecule has 1 unspecified atom stereocenters. The Labute approximate surface area is 163 Å². The van der Waals surface area contributed by atoms with Crippen molar-refractivity contribution >= 4 is 17.5 Å². The average Bonchev–Trinajstić information content (AvgIpc) is 3.11. The summed E-state index contributed by atoms with van der Waals surface area (Å²) >= 11 is 6.28. The summed E-state index contributed by atoms with van der Waals surface area (Å²) in [5.41, 5.74) is 7.80. The van der Waals surface area contributed by atoms with Crippen LogP contribution < -0.4 is 11.1 Å². The first-order chi connectivity index (χ1) is 13.1. The lowest BCUT2D eigenvalue weighted by atomic mass is 10.1. The maximum absolute atomic E-state index is 12.5. The fourth-order valence-corrected chi connectivity index (χ4v) is 2.96. The van der Waals surface area contributed by atoms with Gasteiger partial charge >= 0.3 is 0 Å². The van der Waals surface area contributed by atoms with Crippen molar-refractivity contribution in [2.45, 2.75) is 25.8 Å². The number of nitrogens with two attached hydrogens (primary N) is 1. The number of halogens is 1. The Morgan fingerprint density at radius 3 is 2.59 bits per heavy atom. The highest BCUT2D eigenvalue weighted by molar-refractivity contribution is 6.32. The fourth-order valence-electron chi connectivity index (χ4n) is 2.74. The SMILES string of the molecule is CCCc1nc(C(=O)NCC(N)c2ccccc2)nn1-c1ccccc1Cl. The number of hydrogen-bond acceptors (Lipinski definition) is 4. The molecule has 140 valence electrons. The third-order valence-electron chi connectivity index (χ3n) is 4.14. The van der Waals surface area contributed by atoms with Gasteiger partial charge in [-0.15, -0.1) is 5.10 Å². The Kier molecular flexibility index (Phi) is 6.21. The maximum Gasteiger partial charge on any atom is 0.291 e. The van der Waals surface area contributed by atoms with Crippen molar-refractivity contribution in [3.63, 3.8) is 0 Å². The van der Waals surface area contributed by atoms with Crippen LogP contribution in [0.25, 0.3) is 5.69 Å². The van der Waals surface area contributed by atoms with Gasteiger partial charge in [0.2, 0.25) is 5.82 Å². The van der Waals surface area contributed by atoms with Gasteiger partial charge in [0.25, 0.3) is 5.91 Å². The summed E-state index contributed by atoms with van der Waals surface area (Å²) < 4.78 is 1.64. The second-order valence-corrected chi connectivity index (χ2v) is 6.60. The molecule has 1 heterocycles. The van der Waals surface area contributed by atoms with E-state index in [1.54, 1.807) is 10.7 Å². The Hall–Kier alpha value is -2.70. The van der Waals surface area contributed by atoms with Gasteiger partial charge in [0.15, 0.2) is 0 Å². The molecule has 3 rings (SSSR count). The van der Waals surface area contributed by atoms with E-state index in [4.69, 9.17) is 17.3 Å². The number of aryl methyl sites for hydroxylation is 1. The summed E-state index contributed by atoms with van der Waals surface area (Å²) in [4.78, 5) is 16.9. The van der Waals surface area contributed by atoms with Crippen molar-refractivity contribution in [3.05, 3.63) is 76.8 Å². The van der Waals surface area contributed by atoms with E-state index in [9.17, 15) is 4.79 Å². The van der Waals surface area contributed by atoms with Crippen molar-refractivity contribution < 1.29 is 4.79 Å². The number of benzene rings is 2. The molecule has 0 radical (unpaired) electrons. The molecule has 0 aliphatic carbocycles. The molecular formula is C20H22ClN5O. The minimum absolute atomic E-state index is 0.110. The van der Waals surface area contributed by atoms with Crippen LogP contribution in [0.4, 0.5) is 0 Å². The molecule has 0 bridgehead atoms. The van der Waals surface area contributed by atoms with Crippen LogP contribution in [-0.4, -0.2) is 27.2 Å². The van der Waals surface area contributed by atoms with Gasteiger partial charge < -0.3 is 11.1 Å². The van der Waals surface area contributed by atoms with E-state index in [0.717, 1.165) is 12.0 Å². The largest absolute Gasteiger partial charge is 0.347 e. The highest BCUT2D eigenvalue weighted by Gasteiger charge is 2.19. The molecule has 27 heavy (non-hydrogen) atoms. The third kappa shape index (κ3) is 4.53. The standard InChI is InChI=1S/C20H22ClN5O/c1-2-8-18-24-19(25-26(18)17-12-7-6-11-15(17)21)20(27)23-13-16(22)14-9-4-3-5-10-14/h3-7,9-12,16H,2,8,13,22H2,1H3,(H,23,27). The number of hydrogen-bond donors (Lipinski definition) is 2. The van der Waals surface area contributed by atoms with Crippen LogP contribution in [-0.2, 0) is 6.42 Å². The molecule has 1 atom stereocenters. The Balaban J connectivity index is 1.77. The molecule has 0 saturated carbocycles. The predicted octanol–water partition coefficient (Wildman–Crippen LogP) is 3.30. The first-order valence-electron chi connectivity index (χ1n) is 8.89. The van der Waals surface area contributed by atoms with E-state index in [-0.39, 0.29) is 17.8 Å². The number of nitrogens with zero attached hydrogens (tertiary/aromatic N) is 3. The number of para-hydroxylation sites is 1. The monoisotopic (exact) mass is 383 g/mol. The van der Waals surface area contributed by atoms with Crippen LogP contribution in [0, 0.1) is 0 Å². The summed E-state index contributed by atoms with van der Waals surface area (Å²) in [6.07, 6.45) is 1.57. The van der Waals surface area contributed by atoms with Crippen LogP contribution in [0.5, 0.6) is 0 Å². The van der Waals surface area contributed by atoms with E-state index in [2.05, 4.69) is 15.4 Å². The summed E-state index contributed by atoms with van der Waals surface area (Å²) in [6.45, 7) is 2.34. The van der Waals surface area contributed by atoms with E-state index >= 15 is 0 Å². The number of rotatable bonds is 7. The molecule has 0 aliphatic heterocycles. The summed E-state index contributed by atoms with van der Waals surface area (Å²) in [7, 11) is 0. The summed E-state index contributed by atoms with van der Waals surface area (Å²) in [5, 5.41) is 7.74.